The van der Waals surface area contributed by atoms with Crippen LogP contribution in [0, 0.1) is 0 Å². The topological polar surface area (TPSA) is 115 Å². The van der Waals surface area contributed by atoms with Gasteiger partial charge in [0.05, 0.1) is 18.1 Å². The van der Waals surface area contributed by atoms with Gasteiger partial charge in [0.2, 0.25) is 11.9 Å². The standard InChI is InChI=1S/C22H28N10/c1-15(2)18-13-27-32-20(18)28-22(30-10-5-17(23)6-11-30)29-21(32)25-12-16-4-8-24-14-19(16)31-9-3-7-26-31/h3-4,7-9,13-15,17H,5-6,10-12,23H2,1-2H3,(H,25,28,29). The molecule has 5 heterocycles. The second-order valence-electron chi connectivity index (χ2n) is 8.47. The van der Waals surface area contributed by atoms with Crippen LogP contribution in [0.5, 0.6) is 0 Å². The van der Waals surface area contributed by atoms with Gasteiger partial charge in [0.1, 0.15) is 0 Å². The van der Waals surface area contributed by atoms with E-state index < -0.39 is 0 Å². The molecule has 0 aromatic carbocycles. The molecule has 1 fully saturated rings. The van der Waals surface area contributed by atoms with E-state index in [1.807, 2.05) is 35.4 Å². The van der Waals surface area contributed by atoms with E-state index in [2.05, 4.69) is 39.2 Å². The van der Waals surface area contributed by atoms with Crippen LogP contribution in [-0.4, -0.2) is 53.5 Å². The average molecular weight is 433 g/mol. The van der Waals surface area contributed by atoms with Crippen LogP contribution in [0.1, 0.15) is 43.7 Å². The molecule has 1 aliphatic rings. The number of nitrogens with two attached hydrogens (primary N) is 1. The van der Waals surface area contributed by atoms with Crippen molar-refractivity contribution in [3.63, 3.8) is 0 Å². The SMILES string of the molecule is CC(C)c1cnn2c(NCc3ccncc3-n3cccn3)nc(N3CCC(N)CC3)nc12. The molecular formula is C22H28N10. The number of piperidine rings is 1. The van der Waals surface area contributed by atoms with Gasteiger partial charge in [-0.2, -0.15) is 24.7 Å². The Bertz CT molecular complexity index is 1190. The van der Waals surface area contributed by atoms with E-state index in [-0.39, 0.29) is 6.04 Å². The highest BCUT2D eigenvalue weighted by Crippen LogP contribution is 2.25. The molecule has 166 valence electrons. The molecular weight excluding hydrogens is 404 g/mol. The van der Waals surface area contributed by atoms with Gasteiger partial charge in [-0.25, -0.2) is 4.68 Å². The largest absolute Gasteiger partial charge is 0.350 e. The third kappa shape index (κ3) is 3.89. The van der Waals surface area contributed by atoms with Gasteiger partial charge >= 0.3 is 0 Å². The van der Waals surface area contributed by atoms with Gasteiger partial charge in [-0.1, -0.05) is 13.8 Å². The van der Waals surface area contributed by atoms with Crippen LogP contribution in [0.2, 0.25) is 0 Å². The first-order valence-corrected chi connectivity index (χ1v) is 11.0. The molecule has 0 unspecified atom stereocenters. The molecule has 0 aliphatic carbocycles. The second-order valence-corrected chi connectivity index (χ2v) is 8.47. The molecule has 0 radical (unpaired) electrons. The lowest BCUT2D eigenvalue weighted by Crippen LogP contribution is -2.40. The number of nitrogens with zero attached hydrogens (tertiary/aromatic N) is 8. The summed E-state index contributed by atoms with van der Waals surface area (Å²) in [6.07, 6.45) is 11.0. The van der Waals surface area contributed by atoms with Crippen molar-refractivity contribution in [2.75, 3.05) is 23.3 Å². The van der Waals surface area contributed by atoms with Crippen molar-refractivity contribution in [1.82, 2.24) is 34.3 Å². The zero-order valence-corrected chi connectivity index (χ0v) is 18.4. The lowest BCUT2D eigenvalue weighted by atomic mass is 10.1. The molecule has 0 atom stereocenters. The summed E-state index contributed by atoms with van der Waals surface area (Å²) in [5.74, 6) is 1.69. The van der Waals surface area contributed by atoms with E-state index in [0.29, 0.717) is 18.4 Å². The van der Waals surface area contributed by atoms with Crippen molar-refractivity contribution in [2.24, 2.45) is 5.73 Å². The van der Waals surface area contributed by atoms with Gasteiger partial charge in [-0.15, -0.1) is 0 Å². The minimum Gasteiger partial charge on any atom is -0.350 e. The summed E-state index contributed by atoms with van der Waals surface area (Å²) in [5, 5.41) is 12.4. The van der Waals surface area contributed by atoms with Crippen molar-refractivity contribution in [3.05, 3.63) is 54.2 Å². The Morgan fingerprint density at radius 2 is 1.97 bits per heavy atom. The van der Waals surface area contributed by atoms with Crippen molar-refractivity contribution < 1.29 is 0 Å². The molecule has 4 aromatic heterocycles. The van der Waals surface area contributed by atoms with Crippen LogP contribution in [0.3, 0.4) is 0 Å². The first-order chi connectivity index (χ1) is 15.6. The highest BCUT2D eigenvalue weighted by molar-refractivity contribution is 5.56. The van der Waals surface area contributed by atoms with Crippen molar-refractivity contribution >= 4 is 17.5 Å². The second kappa shape index (κ2) is 8.54. The Kier molecular flexibility index (Phi) is 5.44. The van der Waals surface area contributed by atoms with Gasteiger partial charge in [0.25, 0.3) is 0 Å². The van der Waals surface area contributed by atoms with Crippen molar-refractivity contribution in [3.8, 4) is 5.69 Å². The maximum atomic E-state index is 6.10. The number of hydrogen-bond acceptors (Lipinski definition) is 8. The Morgan fingerprint density at radius 3 is 2.72 bits per heavy atom. The summed E-state index contributed by atoms with van der Waals surface area (Å²) in [6.45, 7) is 6.56. The average Bonchev–Trinajstić information content (AvgIpc) is 3.48. The Morgan fingerprint density at radius 1 is 1.12 bits per heavy atom. The minimum atomic E-state index is 0.251. The van der Waals surface area contributed by atoms with Crippen LogP contribution in [-0.2, 0) is 6.54 Å². The lowest BCUT2D eigenvalue weighted by Gasteiger charge is -2.30. The molecule has 10 heteroatoms. The van der Waals surface area contributed by atoms with Gasteiger partial charge in [-0.3, -0.25) is 4.98 Å². The Labute approximate surface area is 186 Å². The number of rotatable bonds is 6. The third-order valence-corrected chi connectivity index (χ3v) is 5.90. The van der Waals surface area contributed by atoms with Gasteiger partial charge in [-0.05, 0) is 30.9 Å². The van der Waals surface area contributed by atoms with Crippen LogP contribution < -0.4 is 16.0 Å². The number of aromatic nitrogens is 7. The van der Waals surface area contributed by atoms with E-state index in [9.17, 15) is 0 Å². The van der Waals surface area contributed by atoms with E-state index in [0.717, 1.165) is 54.3 Å². The van der Waals surface area contributed by atoms with Gasteiger partial charge in [0, 0.05) is 55.4 Å². The zero-order chi connectivity index (χ0) is 22.1. The van der Waals surface area contributed by atoms with Crippen molar-refractivity contribution in [2.45, 2.75) is 45.2 Å². The Hall–Kier alpha value is -3.53. The zero-order valence-electron chi connectivity index (χ0n) is 18.4. The van der Waals surface area contributed by atoms with Crippen LogP contribution >= 0.6 is 0 Å². The fourth-order valence-corrected chi connectivity index (χ4v) is 4.00. The number of nitrogens with one attached hydrogen (secondary N) is 1. The summed E-state index contributed by atoms with van der Waals surface area (Å²) in [4.78, 5) is 16.2. The highest BCUT2D eigenvalue weighted by Gasteiger charge is 2.22. The first kappa shape index (κ1) is 20.4. The smallest absolute Gasteiger partial charge is 0.230 e. The molecule has 1 aliphatic heterocycles. The summed E-state index contributed by atoms with van der Waals surface area (Å²) in [6, 6.07) is 4.13. The molecule has 5 rings (SSSR count). The van der Waals surface area contributed by atoms with Gasteiger partial charge in [0.15, 0.2) is 5.65 Å². The van der Waals surface area contributed by atoms with Gasteiger partial charge < -0.3 is 16.0 Å². The van der Waals surface area contributed by atoms with Crippen LogP contribution in [0.4, 0.5) is 11.9 Å². The normalized spacial score (nSPS) is 15.1. The summed E-state index contributed by atoms with van der Waals surface area (Å²) < 4.78 is 3.61. The third-order valence-electron chi connectivity index (χ3n) is 5.90. The highest BCUT2D eigenvalue weighted by atomic mass is 15.4. The summed E-state index contributed by atoms with van der Waals surface area (Å²) in [5.41, 5.74) is 10.0. The molecule has 10 nitrogen and oxygen atoms in total. The fourth-order valence-electron chi connectivity index (χ4n) is 4.00. The monoisotopic (exact) mass is 432 g/mol. The number of fused-ring (bicyclic) bond motifs is 1. The summed E-state index contributed by atoms with van der Waals surface area (Å²) >= 11 is 0. The predicted molar refractivity (Wildman–Crippen MR) is 123 cm³/mol. The molecule has 0 bridgehead atoms. The van der Waals surface area contributed by atoms with Crippen molar-refractivity contribution in [1.29, 1.82) is 0 Å². The number of anilines is 2. The fraction of sp³-hybridized carbons (Fsp3) is 0.409. The van der Waals surface area contributed by atoms with E-state index in [1.165, 1.54) is 0 Å². The van der Waals surface area contributed by atoms with Crippen LogP contribution in [0.15, 0.2) is 43.1 Å². The van der Waals surface area contributed by atoms with E-state index >= 15 is 0 Å². The number of pyridine rings is 1. The minimum absolute atomic E-state index is 0.251. The Balaban J connectivity index is 1.50. The molecule has 3 N–H and O–H groups in total. The maximum Gasteiger partial charge on any atom is 0.230 e. The van der Waals surface area contributed by atoms with Crippen LogP contribution in [0.25, 0.3) is 11.3 Å². The molecule has 0 spiro atoms. The maximum absolute atomic E-state index is 6.10. The quantitative estimate of drug-likeness (QED) is 0.477. The lowest BCUT2D eigenvalue weighted by molar-refractivity contribution is 0.495. The number of hydrogen-bond donors (Lipinski definition) is 2. The molecule has 1 saturated heterocycles. The summed E-state index contributed by atoms with van der Waals surface area (Å²) in [7, 11) is 0. The predicted octanol–water partition coefficient (Wildman–Crippen LogP) is 2.37. The van der Waals surface area contributed by atoms with E-state index in [4.69, 9.17) is 15.7 Å². The molecule has 32 heavy (non-hydrogen) atoms. The molecule has 0 saturated carbocycles. The molecule has 4 aromatic rings. The van der Waals surface area contributed by atoms with E-state index in [1.54, 1.807) is 16.9 Å². The first-order valence-electron chi connectivity index (χ1n) is 11.0. The molecule has 0 amide bonds.